The highest BCUT2D eigenvalue weighted by molar-refractivity contribution is 5.80. The van der Waals surface area contributed by atoms with E-state index in [2.05, 4.69) is 5.32 Å². The van der Waals surface area contributed by atoms with Crippen LogP contribution in [0.2, 0.25) is 0 Å². The van der Waals surface area contributed by atoms with Crippen LogP contribution >= 0.6 is 0 Å². The van der Waals surface area contributed by atoms with E-state index in [-0.39, 0.29) is 12.5 Å². The van der Waals surface area contributed by atoms with Gasteiger partial charge < -0.3 is 15.0 Å². The second-order valence-electron chi connectivity index (χ2n) is 3.71. The van der Waals surface area contributed by atoms with E-state index in [1.165, 1.54) is 5.56 Å². The molecule has 0 fully saturated rings. The first-order valence-corrected chi connectivity index (χ1v) is 5.17. The number of carboxylic acid groups (broad SMARTS) is 1. The molecular weight excluding hydrogens is 208 g/mol. The first-order valence-electron chi connectivity index (χ1n) is 5.17. The lowest BCUT2D eigenvalue weighted by molar-refractivity contribution is -0.137. The van der Waals surface area contributed by atoms with E-state index in [0.717, 1.165) is 12.8 Å². The van der Waals surface area contributed by atoms with E-state index < -0.39 is 5.97 Å². The van der Waals surface area contributed by atoms with E-state index in [1.54, 1.807) is 0 Å². The van der Waals surface area contributed by atoms with Crippen LogP contribution in [-0.2, 0) is 23.1 Å². The number of rotatable bonds is 6. The summed E-state index contributed by atoms with van der Waals surface area (Å²) in [5, 5.41) is 10.7. The predicted molar refractivity (Wildman–Crippen MR) is 59.0 cm³/mol. The van der Waals surface area contributed by atoms with Crippen molar-refractivity contribution in [2.75, 3.05) is 6.54 Å². The van der Waals surface area contributed by atoms with Gasteiger partial charge >= 0.3 is 5.97 Å². The third-order valence-corrected chi connectivity index (χ3v) is 2.20. The molecule has 1 aromatic heterocycles. The zero-order valence-corrected chi connectivity index (χ0v) is 9.27. The van der Waals surface area contributed by atoms with Crippen LogP contribution in [0.4, 0.5) is 0 Å². The lowest BCUT2D eigenvalue weighted by Gasteiger charge is -2.01. The minimum Gasteiger partial charge on any atom is -0.480 e. The maximum absolute atomic E-state index is 11.2. The summed E-state index contributed by atoms with van der Waals surface area (Å²) in [5.41, 5.74) is 1.19. The molecule has 0 aromatic carbocycles. The Kier molecular flexibility index (Phi) is 4.57. The average Bonchev–Trinajstić information content (AvgIpc) is 2.61. The number of amides is 1. The number of carboxylic acids is 1. The highest BCUT2D eigenvalue weighted by atomic mass is 16.4. The van der Waals surface area contributed by atoms with Crippen LogP contribution in [0.1, 0.15) is 18.4 Å². The molecule has 0 aliphatic rings. The molecule has 1 rings (SSSR count). The average molecular weight is 224 g/mol. The number of hydrogen-bond acceptors (Lipinski definition) is 2. The van der Waals surface area contributed by atoms with Crippen molar-refractivity contribution >= 4 is 11.9 Å². The molecule has 5 heteroatoms. The third-order valence-electron chi connectivity index (χ3n) is 2.20. The van der Waals surface area contributed by atoms with E-state index >= 15 is 0 Å². The summed E-state index contributed by atoms with van der Waals surface area (Å²) in [7, 11) is 1.95. The summed E-state index contributed by atoms with van der Waals surface area (Å²) in [6.45, 7) is -0.301. The van der Waals surface area contributed by atoms with Crippen LogP contribution < -0.4 is 5.32 Å². The standard InChI is InChI=1S/C11H16N2O3/c1-13-6-5-9(8-13)3-2-4-10(14)12-7-11(15)16/h5-6,8H,2-4,7H2,1H3,(H,12,14)(H,15,16). The fourth-order valence-corrected chi connectivity index (χ4v) is 1.42. The SMILES string of the molecule is Cn1ccc(CCCC(=O)NCC(=O)O)c1. The number of nitrogens with zero attached hydrogens (tertiary/aromatic N) is 1. The molecule has 0 saturated carbocycles. The first kappa shape index (κ1) is 12.3. The number of nitrogens with one attached hydrogen (secondary N) is 1. The highest BCUT2D eigenvalue weighted by Gasteiger charge is 2.03. The van der Waals surface area contributed by atoms with Crippen molar-refractivity contribution in [3.63, 3.8) is 0 Å². The van der Waals surface area contributed by atoms with E-state index in [0.29, 0.717) is 6.42 Å². The lowest BCUT2D eigenvalue weighted by Crippen LogP contribution is -2.28. The molecule has 0 atom stereocenters. The highest BCUT2D eigenvalue weighted by Crippen LogP contribution is 2.04. The van der Waals surface area contributed by atoms with Gasteiger partial charge in [0.25, 0.3) is 0 Å². The van der Waals surface area contributed by atoms with Gasteiger partial charge in [0.2, 0.25) is 5.91 Å². The Morgan fingerprint density at radius 1 is 1.50 bits per heavy atom. The quantitative estimate of drug-likeness (QED) is 0.741. The largest absolute Gasteiger partial charge is 0.480 e. The summed E-state index contributed by atoms with van der Waals surface area (Å²) in [5.74, 6) is -1.23. The predicted octanol–water partition coefficient (Wildman–Crippen LogP) is 0.549. The lowest BCUT2D eigenvalue weighted by atomic mass is 10.1. The molecule has 0 aliphatic carbocycles. The molecule has 0 unspecified atom stereocenters. The van der Waals surface area contributed by atoms with Crippen molar-refractivity contribution in [3.8, 4) is 0 Å². The second kappa shape index (κ2) is 5.95. The van der Waals surface area contributed by atoms with Gasteiger partial charge in [0, 0.05) is 25.9 Å². The second-order valence-corrected chi connectivity index (χ2v) is 3.71. The first-order chi connectivity index (χ1) is 7.58. The zero-order valence-electron chi connectivity index (χ0n) is 9.27. The molecule has 16 heavy (non-hydrogen) atoms. The molecule has 1 aromatic rings. The summed E-state index contributed by atoms with van der Waals surface area (Å²) < 4.78 is 1.96. The molecular formula is C11H16N2O3. The Bertz CT molecular complexity index is 371. The van der Waals surface area contributed by atoms with E-state index in [9.17, 15) is 9.59 Å². The van der Waals surface area contributed by atoms with Crippen molar-refractivity contribution in [2.24, 2.45) is 7.05 Å². The molecule has 0 aliphatic heterocycles. The van der Waals surface area contributed by atoms with Crippen LogP contribution in [0.5, 0.6) is 0 Å². The summed E-state index contributed by atoms with van der Waals surface area (Å²) in [6.07, 6.45) is 5.90. The number of hydrogen-bond donors (Lipinski definition) is 2. The van der Waals surface area contributed by atoms with Gasteiger partial charge in [-0.2, -0.15) is 0 Å². The number of carbonyl (C=O) groups is 2. The van der Waals surface area contributed by atoms with Crippen molar-refractivity contribution in [2.45, 2.75) is 19.3 Å². The monoisotopic (exact) mass is 224 g/mol. The van der Waals surface area contributed by atoms with Gasteiger partial charge in [-0.25, -0.2) is 0 Å². The molecule has 1 heterocycles. The Labute approximate surface area is 94.1 Å². The third kappa shape index (κ3) is 4.63. The Balaban J connectivity index is 2.15. The Morgan fingerprint density at radius 2 is 2.25 bits per heavy atom. The van der Waals surface area contributed by atoms with Gasteiger partial charge in [-0.15, -0.1) is 0 Å². The van der Waals surface area contributed by atoms with E-state index in [4.69, 9.17) is 5.11 Å². The number of carbonyl (C=O) groups excluding carboxylic acids is 1. The van der Waals surface area contributed by atoms with Crippen LogP contribution in [0, 0.1) is 0 Å². The van der Waals surface area contributed by atoms with Gasteiger partial charge in [-0.1, -0.05) is 0 Å². The van der Waals surface area contributed by atoms with Crippen molar-refractivity contribution < 1.29 is 14.7 Å². The minimum absolute atomic E-state index is 0.210. The Morgan fingerprint density at radius 3 is 2.81 bits per heavy atom. The molecule has 2 N–H and O–H groups in total. The van der Waals surface area contributed by atoms with Gasteiger partial charge in [0.05, 0.1) is 0 Å². The maximum atomic E-state index is 11.2. The van der Waals surface area contributed by atoms with E-state index in [1.807, 2.05) is 30.1 Å². The minimum atomic E-state index is -1.02. The topological polar surface area (TPSA) is 71.3 Å². The van der Waals surface area contributed by atoms with Gasteiger partial charge in [-0.05, 0) is 24.5 Å². The molecule has 0 bridgehead atoms. The molecule has 0 saturated heterocycles. The Hall–Kier alpha value is -1.78. The molecule has 5 nitrogen and oxygen atoms in total. The number of aliphatic carboxylic acids is 1. The number of aromatic nitrogens is 1. The molecule has 88 valence electrons. The molecule has 1 amide bonds. The van der Waals surface area contributed by atoms with Gasteiger partial charge in [0.1, 0.15) is 6.54 Å². The van der Waals surface area contributed by atoms with Crippen molar-refractivity contribution in [1.29, 1.82) is 0 Å². The van der Waals surface area contributed by atoms with Crippen LogP contribution in [0.3, 0.4) is 0 Å². The van der Waals surface area contributed by atoms with Crippen molar-refractivity contribution in [3.05, 3.63) is 24.0 Å². The zero-order chi connectivity index (χ0) is 12.0. The summed E-state index contributed by atoms with van der Waals surface area (Å²) in [4.78, 5) is 21.3. The molecule has 0 radical (unpaired) electrons. The maximum Gasteiger partial charge on any atom is 0.322 e. The van der Waals surface area contributed by atoms with Gasteiger partial charge in [0.15, 0.2) is 0 Å². The fourth-order valence-electron chi connectivity index (χ4n) is 1.42. The fraction of sp³-hybridized carbons (Fsp3) is 0.455. The van der Waals surface area contributed by atoms with Crippen LogP contribution in [0.25, 0.3) is 0 Å². The van der Waals surface area contributed by atoms with Crippen LogP contribution in [-0.4, -0.2) is 28.1 Å². The summed E-state index contributed by atoms with van der Waals surface area (Å²) >= 11 is 0. The van der Waals surface area contributed by atoms with Crippen molar-refractivity contribution in [1.82, 2.24) is 9.88 Å². The van der Waals surface area contributed by atoms with Crippen LogP contribution in [0.15, 0.2) is 18.5 Å². The summed E-state index contributed by atoms with van der Waals surface area (Å²) in [6, 6.07) is 2.01. The smallest absolute Gasteiger partial charge is 0.322 e. The normalized spacial score (nSPS) is 10.1. The molecule has 0 spiro atoms. The number of aryl methyl sites for hydroxylation is 2. The van der Waals surface area contributed by atoms with Gasteiger partial charge in [-0.3, -0.25) is 9.59 Å².